The zero-order valence-corrected chi connectivity index (χ0v) is 23.2. The maximum absolute atomic E-state index is 14.4. The molecule has 0 bridgehead atoms. The Labute approximate surface area is 234 Å². The molecule has 2 atom stereocenters. The second kappa shape index (κ2) is 11.7. The number of carbonyl (C=O) groups excluding carboxylic acids is 2. The number of benzene rings is 1. The molecule has 8 nitrogen and oxygen atoms in total. The molecule has 3 amide bonds. The predicted octanol–water partition coefficient (Wildman–Crippen LogP) is 6.29. The fraction of sp³-hybridized carbons (Fsp3) is 0.357. The van der Waals surface area contributed by atoms with Gasteiger partial charge in [-0.3, -0.25) is 4.79 Å². The largest absolute Gasteiger partial charge is 0.478 e. The Morgan fingerprint density at radius 2 is 1.40 bits per heavy atom. The summed E-state index contributed by atoms with van der Waals surface area (Å²) < 4.78 is 49.6. The minimum atomic E-state index is -4.46. The first kappa shape index (κ1) is 29.2. The summed E-state index contributed by atoms with van der Waals surface area (Å²) in [6.45, 7) is 8.12. The molecular formula is C28H29F3N4O4S. The number of nitrogens with one attached hydrogen (secondary N) is 1. The number of amides is 3. The van der Waals surface area contributed by atoms with Gasteiger partial charge in [0.2, 0.25) is 11.8 Å². The Morgan fingerprint density at radius 3 is 1.85 bits per heavy atom. The van der Waals surface area contributed by atoms with Gasteiger partial charge in [-0.1, -0.05) is 13.8 Å². The average molecular weight is 575 g/mol. The highest BCUT2D eigenvalue weighted by Crippen LogP contribution is 2.46. The summed E-state index contributed by atoms with van der Waals surface area (Å²) in [5.41, 5.74) is -4.37. The van der Waals surface area contributed by atoms with Gasteiger partial charge < -0.3 is 14.8 Å². The lowest BCUT2D eigenvalue weighted by Crippen LogP contribution is -2.55. The number of rotatable bonds is 10. The van der Waals surface area contributed by atoms with Crippen LogP contribution in [0.4, 0.5) is 23.7 Å². The molecule has 212 valence electrons. The van der Waals surface area contributed by atoms with Crippen molar-refractivity contribution in [3.63, 3.8) is 0 Å². The number of thioether (sulfide) groups is 1. The van der Waals surface area contributed by atoms with Crippen LogP contribution in [0.2, 0.25) is 0 Å². The fourth-order valence-electron chi connectivity index (χ4n) is 4.92. The van der Waals surface area contributed by atoms with E-state index in [4.69, 9.17) is 9.47 Å². The van der Waals surface area contributed by atoms with Gasteiger partial charge in [0.05, 0.1) is 18.9 Å². The molecule has 3 heterocycles. The Morgan fingerprint density at radius 1 is 0.900 bits per heavy atom. The van der Waals surface area contributed by atoms with Crippen LogP contribution in [0.1, 0.15) is 50.7 Å². The Balaban J connectivity index is 1.79. The van der Waals surface area contributed by atoms with Crippen LogP contribution < -0.4 is 19.7 Å². The lowest BCUT2D eigenvalue weighted by atomic mass is 9.70. The summed E-state index contributed by atoms with van der Waals surface area (Å²) in [5.74, 6) is -0.935. The van der Waals surface area contributed by atoms with Crippen molar-refractivity contribution in [2.75, 3.05) is 18.1 Å². The molecule has 0 radical (unpaired) electrons. The molecule has 1 saturated heterocycles. The second-order valence-electron chi connectivity index (χ2n) is 9.15. The van der Waals surface area contributed by atoms with Crippen LogP contribution in [0.15, 0.2) is 65.8 Å². The number of nitrogens with zero attached hydrogens (tertiary/aromatic N) is 3. The number of halogens is 3. The summed E-state index contributed by atoms with van der Waals surface area (Å²) in [6, 6.07) is 11.4. The lowest BCUT2D eigenvalue weighted by Gasteiger charge is -2.39. The molecule has 0 saturated carbocycles. The van der Waals surface area contributed by atoms with Crippen molar-refractivity contribution in [1.29, 1.82) is 0 Å². The molecule has 1 aromatic carbocycles. The molecular weight excluding hydrogens is 545 g/mol. The van der Waals surface area contributed by atoms with E-state index >= 15 is 0 Å². The predicted molar refractivity (Wildman–Crippen MR) is 145 cm³/mol. The van der Waals surface area contributed by atoms with E-state index in [1.807, 2.05) is 27.7 Å². The van der Waals surface area contributed by atoms with Gasteiger partial charge in [-0.05, 0) is 73.1 Å². The number of ether oxygens (including phenoxy) is 2. The van der Waals surface area contributed by atoms with E-state index in [9.17, 15) is 22.8 Å². The van der Waals surface area contributed by atoms with Crippen molar-refractivity contribution in [2.24, 2.45) is 0 Å². The third kappa shape index (κ3) is 5.86. The quantitative estimate of drug-likeness (QED) is 0.225. The smallest absolute Gasteiger partial charge is 0.446 e. The van der Waals surface area contributed by atoms with Crippen LogP contribution in [-0.4, -0.2) is 46.2 Å². The van der Waals surface area contributed by atoms with Crippen LogP contribution in [-0.2, 0) is 4.79 Å². The van der Waals surface area contributed by atoms with Crippen molar-refractivity contribution in [1.82, 2.24) is 15.3 Å². The summed E-state index contributed by atoms with van der Waals surface area (Å²) in [5, 5.41) is 2.95. The fourth-order valence-corrected chi connectivity index (χ4v) is 5.46. The number of carbonyl (C=O) groups is 2. The van der Waals surface area contributed by atoms with Gasteiger partial charge in [0.15, 0.2) is 0 Å². The summed E-state index contributed by atoms with van der Waals surface area (Å²) in [4.78, 5) is 37.2. The Hall–Kier alpha value is -3.80. The number of imide groups is 1. The average Bonchev–Trinajstić information content (AvgIpc) is 3.18. The number of urea groups is 1. The van der Waals surface area contributed by atoms with E-state index in [0.29, 0.717) is 36.1 Å². The minimum absolute atomic E-state index is 0.0585. The van der Waals surface area contributed by atoms with Crippen LogP contribution in [0.25, 0.3) is 0 Å². The van der Waals surface area contributed by atoms with Gasteiger partial charge in [0.1, 0.15) is 5.54 Å². The Bertz CT molecular complexity index is 1310. The van der Waals surface area contributed by atoms with Gasteiger partial charge in [-0.2, -0.15) is 13.2 Å². The lowest BCUT2D eigenvalue weighted by molar-refractivity contribution is -0.123. The summed E-state index contributed by atoms with van der Waals surface area (Å²) in [7, 11) is 0. The first-order valence-electron chi connectivity index (χ1n) is 12.7. The molecule has 1 N–H and O–H groups in total. The van der Waals surface area contributed by atoms with Crippen LogP contribution in [0, 0.1) is 0 Å². The van der Waals surface area contributed by atoms with Gasteiger partial charge in [-0.25, -0.2) is 19.7 Å². The standard InChI is InChI=1S/C28H29F3N4O4S/c1-5-38-23-15-19(11-13-32-23)17(3)27(18(4)20-12-14-33-24(16-20)39-6-2)25(36)35(26(37)34-27)21-7-9-22(10-8-21)40-28(29,30)31/h7-18H,5-6H2,1-4H3,(H,34,37). The number of aromatic nitrogens is 2. The van der Waals surface area contributed by atoms with Crippen molar-refractivity contribution < 1.29 is 32.2 Å². The SMILES string of the molecule is CCOc1cc(C(C)C2(C(C)c3ccnc(OCC)c3)NC(=O)N(c3ccc(SC(F)(F)F)cc3)C2=O)ccn1. The molecule has 0 aliphatic carbocycles. The number of anilines is 1. The first-order chi connectivity index (χ1) is 19.0. The zero-order chi connectivity index (χ0) is 29.1. The first-order valence-corrected chi connectivity index (χ1v) is 13.5. The van der Waals surface area contributed by atoms with E-state index in [1.165, 1.54) is 24.3 Å². The molecule has 40 heavy (non-hydrogen) atoms. The summed E-state index contributed by atoms with van der Waals surface area (Å²) >= 11 is -0.271. The van der Waals surface area contributed by atoms with Crippen molar-refractivity contribution in [2.45, 2.75) is 55.5 Å². The third-order valence-corrected chi connectivity index (χ3v) is 7.61. The van der Waals surface area contributed by atoms with Crippen LogP contribution in [0.3, 0.4) is 0 Å². The van der Waals surface area contributed by atoms with Crippen LogP contribution >= 0.6 is 11.8 Å². The van der Waals surface area contributed by atoms with Crippen molar-refractivity contribution in [3.05, 3.63) is 72.1 Å². The minimum Gasteiger partial charge on any atom is -0.478 e. The molecule has 1 fully saturated rings. The van der Waals surface area contributed by atoms with E-state index in [2.05, 4.69) is 15.3 Å². The molecule has 2 aromatic heterocycles. The highest BCUT2D eigenvalue weighted by atomic mass is 32.2. The third-order valence-electron chi connectivity index (χ3n) is 6.87. The monoisotopic (exact) mass is 574 g/mol. The summed E-state index contributed by atoms with van der Waals surface area (Å²) in [6.07, 6.45) is 3.15. The van der Waals surface area contributed by atoms with E-state index in [1.54, 1.807) is 36.7 Å². The molecule has 1 aliphatic rings. The molecule has 1 aliphatic heterocycles. The van der Waals surface area contributed by atoms with Gasteiger partial charge >= 0.3 is 11.5 Å². The van der Waals surface area contributed by atoms with E-state index in [-0.39, 0.29) is 22.3 Å². The highest BCUT2D eigenvalue weighted by molar-refractivity contribution is 8.00. The second-order valence-corrected chi connectivity index (χ2v) is 10.3. The van der Waals surface area contributed by atoms with Crippen molar-refractivity contribution >= 4 is 29.4 Å². The number of alkyl halides is 3. The molecule has 2 unspecified atom stereocenters. The number of hydrogen-bond donors (Lipinski definition) is 1. The molecule has 12 heteroatoms. The highest BCUT2D eigenvalue weighted by Gasteiger charge is 2.58. The van der Waals surface area contributed by atoms with Crippen molar-refractivity contribution in [3.8, 4) is 11.8 Å². The van der Waals surface area contributed by atoms with Gasteiger partial charge in [-0.15, -0.1) is 0 Å². The van der Waals surface area contributed by atoms with Gasteiger partial charge in [0, 0.05) is 41.3 Å². The molecule has 4 rings (SSSR count). The number of hydrogen-bond acceptors (Lipinski definition) is 7. The van der Waals surface area contributed by atoms with E-state index in [0.717, 1.165) is 4.90 Å². The normalized spacial score (nSPS) is 18.8. The Kier molecular flexibility index (Phi) is 8.57. The van der Waals surface area contributed by atoms with Crippen LogP contribution in [0.5, 0.6) is 11.8 Å². The molecule has 0 spiro atoms. The van der Waals surface area contributed by atoms with Gasteiger partial charge in [0.25, 0.3) is 5.91 Å². The number of pyridine rings is 2. The maximum Gasteiger partial charge on any atom is 0.446 e. The zero-order valence-electron chi connectivity index (χ0n) is 22.4. The topological polar surface area (TPSA) is 93.7 Å². The molecule has 3 aromatic rings. The van der Waals surface area contributed by atoms with E-state index < -0.39 is 34.8 Å². The maximum atomic E-state index is 14.4.